The fourth-order valence-corrected chi connectivity index (χ4v) is 4.29. The highest BCUT2D eigenvalue weighted by molar-refractivity contribution is 7.89. The SMILES string of the molecule is Cc1ccc(NC(=O)c2c(F)ccc3c2OC[C@H](C(C)C)NS3(=O)=O)cc1F. The standard InChI is InChI=1S/C19H20F2N2O4S/c1-10(2)15-9-27-18-16(28(25,26)23-15)7-6-13(20)17(18)19(24)22-12-5-4-11(3)14(21)8-12/h4-8,10,15,23H,9H2,1-3H3,(H,22,24)/t15-/m1/s1. The molecule has 0 aliphatic carbocycles. The Balaban J connectivity index is 2.03. The zero-order valence-electron chi connectivity index (χ0n) is 15.5. The first-order chi connectivity index (χ1) is 13.1. The minimum absolute atomic E-state index is 0.0627. The number of hydrogen-bond donors (Lipinski definition) is 2. The third-order valence-corrected chi connectivity index (χ3v) is 6.05. The van der Waals surface area contributed by atoms with Crippen molar-refractivity contribution in [2.75, 3.05) is 11.9 Å². The van der Waals surface area contributed by atoms with E-state index < -0.39 is 39.2 Å². The lowest BCUT2D eigenvalue weighted by Crippen LogP contribution is -2.40. The van der Waals surface area contributed by atoms with Crippen LogP contribution in [0.5, 0.6) is 5.75 Å². The Bertz CT molecular complexity index is 1040. The number of anilines is 1. The van der Waals surface area contributed by atoms with Crippen LogP contribution in [0.15, 0.2) is 35.2 Å². The minimum Gasteiger partial charge on any atom is -0.490 e. The summed E-state index contributed by atoms with van der Waals surface area (Å²) in [7, 11) is -4.01. The molecule has 2 aromatic rings. The van der Waals surface area contributed by atoms with Gasteiger partial charge in [-0.2, -0.15) is 0 Å². The maximum absolute atomic E-state index is 14.5. The van der Waals surface area contributed by atoms with Crippen molar-refractivity contribution in [2.45, 2.75) is 31.7 Å². The van der Waals surface area contributed by atoms with Crippen LogP contribution >= 0.6 is 0 Å². The first kappa shape index (κ1) is 20.2. The van der Waals surface area contributed by atoms with Gasteiger partial charge < -0.3 is 10.1 Å². The van der Waals surface area contributed by atoms with Crippen molar-refractivity contribution in [2.24, 2.45) is 5.92 Å². The van der Waals surface area contributed by atoms with Crippen LogP contribution in [0, 0.1) is 24.5 Å². The molecule has 1 aliphatic rings. The average Bonchev–Trinajstić information content (AvgIpc) is 2.74. The minimum atomic E-state index is -4.01. The molecule has 3 rings (SSSR count). The molecule has 0 saturated heterocycles. The van der Waals surface area contributed by atoms with E-state index in [-0.39, 0.29) is 28.9 Å². The maximum Gasteiger partial charge on any atom is 0.262 e. The summed E-state index contributed by atoms with van der Waals surface area (Å²) in [4.78, 5) is 12.4. The molecular weight excluding hydrogens is 390 g/mol. The van der Waals surface area contributed by atoms with Gasteiger partial charge in [-0.25, -0.2) is 21.9 Å². The van der Waals surface area contributed by atoms with Crippen LogP contribution in [-0.2, 0) is 10.0 Å². The van der Waals surface area contributed by atoms with Gasteiger partial charge in [0.2, 0.25) is 10.0 Å². The summed E-state index contributed by atoms with van der Waals surface area (Å²) in [5.74, 6) is -2.85. The van der Waals surface area contributed by atoms with Crippen LogP contribution in [0.2, 0.25) is 0 Å². The van der Waals surface area contributed by atoms with Gasteiger partial charge in [0.15, 0.2) is 5.75 Å². The van der Waals surface area contributed by atoms with Crippen molar-refractivity contribution in [1.82, 2.24) is 4.72 Å². The van der Waals surface area contributed by atoms with Crippen molar-refractivity contribution in [3.05, 3.63) is 53.1 Å². The van der Waals surface area contributed by atoms with E-state index in [2.05, 4.69) is 10.0 Å². The molecule has 0 bridgehead atoms. The summed E-state index contributed by atoms with van der Waals surface area (Å²) >= 11 is 0. The fourth-order valence-electron chi connectivity index (χ4n) is 2.77. The lowest BCUT2D eigenvalue weighted by Gasteiger charge is -2.18. The topological polar surface area (TPSA) is 84.5 Å². The van der Waals surface area contributed by atoms with Crippen molar-refractivity contribution < 1.29 is 26.7 Å². The van der Waals surface area contributed by atoms with Crippen LogP contribution < -0.4 is 14.8 Å². The third kappa shape index (κ3) is 3.85. The summed E-state index contributed by atoms with van der Waals surface area (Å²) in [6, 6.07) is 5.43. The Morgan fingerprint density at radius 2 is 1.93 bits per heavy atom. The summed E-state index contributed by atoms with van der Waals surface area (Å²) in [6.45, 7) is 5.13. The molecule has 28 heavy (non-hydrogen) atoms. The molecule has 1 atom stereocenters. The van der Waals surface area contributed by atoms with E-state index in [9.17, 15) is 22.0 Å². The number of sulfonamides is 1. The number of aryl methyl sites for hydroxylation is 1. The largest absolute Gasteiger partial charge is 0.490 e. The molecule has 0 aromatic heterocycles. The second-order valence-electron chi connectivity index (χ2n) is 6.95. The smallest absolute Gasteiger partial charge is 0.262 e. The van der Waals surface area contributed by atoms with Gasteiger partial charge in [-0.3, -0.25) is 4.79 Å². The van der Waals surface area contributed by atoms with Crippen LogP contribution in [0.1, 0.15) is 29.8 Å². The lowest BCUT2D eigenvalue weighted by molar-refractivity contribution is 0.101. The first-order valence-electron chi connectivity index (χ1n) is 8.65. The highest BCUT2D eigenvalue weighted by atomic mass is 32.2. The van der Waals surface area contributed by atoms with E-state index in [1.807, 2.05) is 13.8 Å². The van der Waals surface area contributed by atoms with Crippen LogP contribution in [0.3, 0.4) is 0 Å². The van der Waals surface area contributed by atoms with Gasteiger partial charge in [-0.1, -0.05) is 19.9 Å². The van der Waals surface area contributed by atoms with Crippen molar-refractivity contribution >= 4 is 21.6 Å². The monoisotopic (exact) mass is 410 g/mol. The Morgan fingerprint density at radius 3 is 2.57 bits per heavy atom. The Hall–Kier alpha value is -2.52. The molecule has 6 nitrogen and oxygen atoms in total. The Morgan fingerprint density at radius 1 is 1.21 bits per heavy atom. The van der Waals surface area contributed by atoms with E-state index in [1.54, 1.807) is 6.92 Å². The van der Waals surface area contributed by atoms with Crippen LogP contribution in [-0.4, -0.2) is 27.0 Å². The number of carbonyl (C=O) groups is 1. The van der Waals surface area contributed by atoms with Gasteiger partial charge >= 0.3 is 0 Å². The Labute approximate surface area is 162 Å². The van der Waals surface area contributed by atoms with E-state index in [0.29, 0.717) is 5.56 Å². The number of halogens is 2. The quantitative estimate of drug-likeness (QED) is 0.814. The number of benzene rings is 2. The number of carbonyl (C=O) groups excluding carboxylic acids is 1. The molecule has 0 fully saturated rings. The molecule has 0 spiro atoms. The molecule has 150 valence electrons. The molecule has 1 amide bonds. The Kier molecular flexibility index (Phi) is 5.40. The van der Waals surface area contributed by atoms with Crippen LogP contribution in [0.25, 0.3) is 0 Å². The predicted octanol–water partition coefficient (Wildman–Crippen LogP) is 3.22. The summed E-state index contributed by atoms with van der Waals surface area (Å²) in [6.07, 6.45) is 0. The molecule has 1 heterocycles. The first-order valence-corrected chi connectivity index (χ1v) is 10.1. The van der Waals surface area contributed by atoms with Gasteiger partial charge in [0.25, 0.3) is 5.91 Å². The number of nitrogens with one attached hydrogen (secondary N) is 2. The zero-order valence-corrected chi connectivity index (χ0v) is 16.4. The summed E-state index contributed by atoms with van der Waals surface area (Å²) in [5.41, 5.74) is -0.0500. The van der Waals surface area contributed by atoms with E-state index in [1.165, 1.54) is 12.1 Å². The molecule has 1 aliphatic heterocycles. The highest BCUT2D eigenvalue weighted by Crippen LogP contribution is 2.33. The van der Waals surface area contributed by atoms with Crippen LogP contribution in [0.4, 0.5) is 14.5 Å². The van der Waals surface area contributed by atoms with Crippen molar-refractivity contribution in [1.29, 1.82) is 0 Å². The van der Waals surface area contributed by atoms with Gasteiger partial charge in [0, 0.05) is 5.69 Å². The second kappa shape index (κ2) is 7.48. The average molecular weight is 410 g/mol. The normalized spacial score (nSPS) is 18.1. The predicted molar refractivity (Wildman–Crippen MR) is 99.9 cm³/mol. The van der Waals surface area contributed by atoms with E-state index in [0.717, 1.165) is 18.2 Å². The van der Waals surface area contributed by atoms with E-state index >= 15 is 0 Å². The molecule has 9 heteroatoms. The summed E-state index contributed by atoms with van der Waals surface area (Å²) < 4.78 is 61.5. The third-order valence-electron chi connectivity index (χ3n) is 4.54. The van der Waals surface area contributed by atoms with Crippen molar-refractivity contribution in [3.8, 4) is 5.75 Å². The molecular formula is C19H20F2N2O4S. The lowest BCUT2D eigenvalue weighted by atomic mass is 10.1. The van der Waals surface area contributed by atoms with Gasteiger partial charge in [-0.05, 0) is 42.7 Å². The summed E-state index contributed by atoms with van der Waals surface area (Å²) in [5, 5.41) is 2.38. The molecule has 0 unspecified atom stereocenters. The van der Waals surface area contributed by atoms with E-state index in [4.69, 9.17) is 4.74 Å². The number of amides is 1. The van der Waals surface area contributed by atoms with Gasteiger partial charge in [0.05, 0.1) is 6.04 Å². The molecule has 0 radical (unpaired) electrons. The second-order valence-corrected chi connectivity index (χ2v) is 8.63. The molecule has 2 aromatic carbocycles. The zero-order chi connectivity index (χ0) is 20.6. The maximum atomic E-state index is 14.5. The number of fused-ring (bicyclic) bond motifs is 1. The van der Waals surface area contributed by atoms with Crippen molar-refractivity contribution in [3.63, 3.8) is 0 Å². The van der Waals surface area contributed by atoms with Gasteiger partial charge in [-0.15, -0.1) is 0 Å². The number of hydrogen-bond acceptors (Lipinski definition) is 4. The highest BCUT2D eigenvalue weighted by Gasteiger charge is 2.34. The number of ether oxygens (including phenoxy) is 1. The molecule has 0 saturated carbocycles. The number of rotatable bonds is 3. The molecule has 2 N–H and O–H groups in total. The fraction of sp³-hybridized carbons (Fsp3) is 0.316. The van der Waals surface area contributed by atoms with Gasteiger partial charge in [0.1, 0.15) is 28.7 Å².